The summed E-state index contributed by atoms with van der Waals surface area (Å²) < 4.78 is 1.38. The zero-order chi connectivity index (χ0) is 18.0. The number of rotatable bonds is 4. The van der Waals surface area contributed by atoms with E-state index in [2.05, 4.69) is 21.7 Å². The Morgan fingerprint density at radius 1 is 1.36 bits per heavy atom. The predicted molar refractivity (Wildman–Crippen MR) is 92.7 cm³/mol. The van der Waals surface area contributed by atoms with Crippen molar-refractivity contribution < 1.29 is 9.59 Å². The van der Waals surface area contributed by atoms with E-state index in [1.807, 2.05) is 0 Å². The number of fused-ring (bicyclic) bond motifs is 1. The number of piperidine rings is 1. The van der Waals surface area contributed by atoms with Gasteiger partial charge in [-0.25, -0.2) is 4.79 Å². The van der Waals surface area contributed by atoms with Crippen molar-refractivity contribution in [3.63, 3.8) is 0 Å². The predicted octanol–water partition coefficient (Wildman–Crippen LogP) is 0.941. The van der Waals surface area contributed by atoms with Crippen LogP contribution < -0.4 is 16.3 Å². The number of amides is 2. The van der Waals surface area contributed by atoms with E-state index in [4.69, 9.17) is 0 Å². The van der Waals surface area contributed by atoms with Gasteiger partial charge in [-0.1, -0.05) is 6.08 Å². The largest absolute Gasteiger partial charge is 0.354 e. The number of allylic oxidation sites excluding steroid dienone is 1. The van der Waals surface area contributed by atoms with E-state index in [0.717, 1.165) is 31.4 Å². The van der Waals surface area contributed by atoms with Gasteiger partial charge < -0.3 is 10.6 Å². The first-order valence-electron chi connectivity index (χ1n) is 8.72. The molecular weight excluding hydrogens is 320 g/mol. The maximum Gasteiger partial charge on any atom is 0.348 e. The topological polar surface area (TPSA) is 93.1 Å². The van der Waals surface area contributed by atoms with Gasteiger partial charge in [-0.3, -0.25) is 14.2 Å². The molecule has 0 bridgehead atoms. The minimum absolute atomic E-state index is 0.0422. The van der Waals surface area contributed by atoms with Crippen molar-refractivity contribution in [2.75, 3.05) is 6.54 Å². The van der Waals surface area contributed by atoms with E-state index < -0.39 is 5.69 Å². The zero-order valence-electron chi connectivity index (χ0n) is 14.7. The maximum atomic E-state index is 12.4. The highest BCUT2D eigenvalue weighted by Gasteiger charge is 2.40. The van der Waals surface area contributed by atoms with Crippen LogP contribution in [0.4, 0.5) is 0 Å². The van der Waals surface area contributed by atoms with Gasteiger partial charge in [-0.2, -0.15) is 4.98 Å². The summed E-state index contributed by atoms with van der Waals surface area (Å²) in [6.07, 6.45) is 6.25. The number of aromatic nitrogens is 2. The van der Waals surface area contributed by atoms with Crippen LogP contribution in [0.1, 0.15) is 43.5 Å². The molecule has 2 N–H and O–H groups in total. The number of aryl methyl sites for hydroxylation is 2. The van der Waals surface area contributed by atoms with Crippen molar-refractivity contribution in [2.24, 2.45) is 5.41 Å². The fourth-order valence-electron chi connectivity index (χ4n) is 3.75. The second kappa shape index (κ2) is 6.82. The average Bonchev–Trinajstić information content (AvgIpc) is 2.56. The number of nitrogens with zero attached hydrogens (tertiary/aromatic N) is 2. The molecule has 0 radical (unpaired) electrons. The summed E-state index contributed by atoms with van der Waals surface area (Å²) in [5, 5.41) is 5.92. The normalized spacial score (nSPS) is 22.6. The third-order valence-electron chi connectivity index (χ3n) is 5.16. The summed E-state index contributed by atoms with van der Waals surface area (Å²) in [5.74, 6) is -0.171. The fourth-order valence-corrected chi connectivity index (χ4v) is 3.75. The van der Waals surface area contributed by atoms with E-state index in [1.54, 1.807) is 19.9 Å². The first-order chi connectivity index (χ1) is 11.9. The molecule has 134 valence electrons. The Balaban J connectivity index is 1.68. The van der Waals surface area contributed by atoms with Crippen molar-refractivity contribution in [3.05, 3.63) is 39.7 Å². The van der Waals surface area contributed by atoms with E-state index in [-0.39, 0.29) is 23.8 Å². The molecule has 1 aromatic rings. The Labute approximate surface area is 146 Å². The first kappa shape index (κ1) is 17.4. The summed E-state index contributed by atoms with van der Waals surface area (Å²) in [6.45, 7) is 3.98. The molecule has 2 amide bonds. The first-order valence-corrected chi connectivity index (χ1v) is 8.72. The third kappa shape index (κ3) is 3.65. The van der Waals surface area contributed by atoms with Crippen LogP contribution in [0, 0.1) is 19.3 Å². The van der Waals surface area contributed by atoms with E-state index in [9.17, 15) is 14.4 Å². The lowest BCUT2D eigenvalue weighted by molar-refractivity contribution is -0.123. The molecule has 0 spiro atoms. The summed E-state index contributed by atoms with van der Waals surface area (Å²) in [5.41, 5.74) is 1.71. The summed E-state index contributed by atoms with van der Waals surface area (Å²) in [4.78, 5) is 39.9. The number of hydrogen-bond acceptors (Lipinski definition) is 4. The number of hydrogen-bond donors (Lipinski definition) is 2. The van der Waals surface area contributed by atoms with Crippen molar-refractivity contribution in [2.45, 2.75) is 52.5 Å². The molecule has 25 heavy (non-hydrogen) atoms. The van der Waals surface area contributed by atoms with Gasteiger partial charge in [-0.05, 0) is 45.6 Å². The summed E-state index contributed by atoms with van der Waals surface area (Å²) in [6, 6.07) is 1.78. The van der Waals surface area contributed by atoms with E-state index in [1.165, 1.54) is 4.57 Å². The molecule has 1 atom stereocenters. The average molecular weight is 344 g/mol. The molecule has 3 rings (SSSR count). The van der Waals surface area contributed by atoms with Crippen LogP contribution in [0.15, 0.2) is 22.6 Å². The highest BCUT2D eigenvalue weighted by Crippen LogP contribution is 2.42. The molecule has 7 heteroatoms. The standard InChI is InChI=1S/C18H24N4O3/c1-12-9-13(2)22(17(25)20-12)10-16(24)19-11-18-7-4-3-5-14(18)21-15(23)6-8-18/h5,9H,3-4,6-8,10-11H2,1-2H3,(H,19,24)(H,21,23). The molecule has 7 nitrogen and oxygen atoms in total. The lowest BCUT2D eigenvalue weighted by atomic mass is 9.70. The van der Waals surface area contributed by atoms with Gasteiger partial charge in [0.2, 0.25) is 11.8 Å². The van der Waals surface area contributed by atoms with Crippen LogP contribution in [0.3, 0.4) is 0 Å². The van der Waals surface area contributed by atoms with Crippen molar-refractivity contribution in [1.82, 2.24) is 20.2 Å². The van der Waals surface area contributed by atoms with Crippen LogP contribution >= 0.6 is 0 Å². The highest BCUT2D eigenvalue weighted by molar-refractivity contribution is 5.80. The molecule has 1 fully saturated rings. The lowest BCUT2D eigenvalue weighted by Gasteiger charge is -2.42. The van der Waals surface area contributed by atoms with Gasteiger partial charge in [0.25, 0.3) is 0 Å². The molecule has 2 aliphatic rings. The van der Waals surface area contributed by atoms with Gasteiger partial charge >= 0.3 is 5.69 Å². The second-order valence-corrected chi connectivity index (χ2v) is 7.02. The van der Waals surface area contributed by atoms with Crippen molar-refractivity contribution in [1.29, 1.82) is 0 Å². The highest BCUT2D eigenvalue weighted by atomic mass is 16.2. The van der Waals surface area contributed by atoms with E-state index >= 15 is 0 Å². The monoisotopic (exact) mass is 344 g/mol. The van der Waals surface area contributed by atoms with Crippen LogP contribution in [0.25, 0.3) is 0 Å². The van der Waals surface area contributed by atoms with Crippen LogP contribution in [0.5, 0.6) is 0 Å². The minimum Gasteiger partial charge on any atom is -0.354 e. The van der Waals surface area contributed by atoms with Gasteiger partial charge in [0, 0.05) is 35.5 Å². The number of nitrogens with one attached hydrogen (secondary N) is 2. The van der Waals surface area contributed by atoms with Gasteiger partial charge in [-0.15, -0.1) is 0 Å². The minimum atomic E-state index is -0.408. The van der Waals surface area contributed by atoms with Crippen molar-refractivity contribution in [3.8, 4) is 0 Å². The quantitative estimate of drug-likeness (QED) is 0.850. The van der Waals surface area contributed by atoms with Gasteiger partial charge in [0.05, 0.1) is 0 Å². The zero-order valence-corrected chi connectivity index (χ0v) is 14.7. The molecule has 1 aliphatic carbocycles. The Morgan fingerprint density at radius 2 is 2.16 bits per heavy atom. The van der Waals surface area contributed by atoms with Gasteiger partial charge in [0.1, 0.15) is 6.54 Å². The molecule has 1 saturated heterocycles. The smallest absolute Gasteiger partial charge is 0.348 e. The van der Waals surface area contributed by atoms with Crippen molar-refractivity contribution >= 4 is 11.8 Å². The van der Waals surface area contributed by atoms with Gasteiger partial charge in [0.15, 0.2) is 0 Å². The molecule has 1 aromatic heterocycles. The SMILES string of the molecule is Cc1cc(C)n(CC(=O)NCC23CCCC=C2NC(=O)CC3)c(=O)n1. The van der Waals surface area contributed by atoms with E-state index in [0.29, 0.717) is 24.4 Å². The number of carbonyl (C=O) groups is 2. The molecule has 1 aliphatic heterocycles. The second-order valence-electron chi connectivity index (χ2n) is 7.02. The molecular formula is C18H24N4O3. The van der Waals surface area contributed by atoms with Crippen LogP contribution in [-0.2, 0) is 16.1 Å². The summed E-state index contributed by atoms with van der Waals surface area (Å²) in [7, 11) is 0. The maximum absolute atomic E-state index is 12.4. The third-order valence-corrected chi connectivity index (χ3v) is 5.16. The summed E-state index contributed by atoms with van der Waals surface area (Å²) >= 11 is 0. The lowest BCUT2D eigenvalue weighted by Crippen LogP contribution is -2.49. The molecule has 2 heterocycles. The van der Waals surface area contributed by atoms with Crippen LogP contribution in [0.2, 0.25) is 0 Å². The Kier molecular flexibility index (Phi) is 4.74. The fraction of sp³-hybridized carbons (Fsp3) is 0.556. The van der Waals surface area contributed by atoms with Crippen LogP contribution in [-0.4, -0.2) is 27.9 Å². The Bertz CT molecular complexity index is 796. The molecule has 0 saturated carbocycles. The molecule has 0 aromatic carbocycles. The number of carbonyl (C=O) groups excluding carboxylic acids is 2. The molecule has 1 unspecified atom stereocenters. The Hall–Kier alpha value is -2.44. The Morgan fingerprint density at radius 3 is 2.92 bits per heavy atom.